The third kappa shape index (κ3) is 4.30. The second-order valence-corrected chi connectivity index (χ2v) is 13.1. The van der Waals surface area contributed by atoms with Gasteiger partial charge in [-0.15, -0.1) is 0 Å². The average Bonchev–Trinajstić information content (AvgIpc) is 3.86. The predicted octanol–water partition coefficient (Wildman–Crippen LogP) is 13.0. The number of aromatic nitrogens is 2. The Morgan fingerprint density at radius 2 is 1.02 bits per heavy atom. The second-order valence-electron chi connectivity index (χ2n) is 13.1. The van der Waals surface area contributed by atoms with Crippen LogP contribution in [0.2, 0.25) is 0 Å². The van der Waals surface area contributed by atoms with Crippen molar-refractivity contribution in [1.29, 1.82) is 0 Å². The fourth-order valence-corrected chi connectivity index (χ4v) is 7.83. The summed E-state index contributed by atoms with van der Waals surface area (Å²) in [5.74, 6) is 0.832. The van der Waals surface area contributed by atoms with E-state index < -0.39 is 0 Å². The topological polar surface area (TPSA) is 44.1 Å². The van der Waals surface area contributed by atoms with Crippen molar-refractivity contribution in [3.8, 4) is 39.3 Å². The van der Waals surface area contributed by atoms with E-state index in [1.807, 2.05) is 24.3 Å². The Balaban J connectivity index is 1.22. The van der Waals surface area contributed by atoms with Crippen LogP contribution >= 0.6 is 0 Å². The predicted molar refractivity (Wildman–Crippen MR) is 209 cm³/mol. The van der Waals surface area contributed by atoms with E-state index in [0.717, 1.165) is 93.9 Å². The molecule has 0 amide bonds. The molecule has 11 rings (SSSR count). The lowest BCUT2D eigenvalue weighted by Gasteiger charge is -2.14. The van der Waals surface area contributed by atoms with Gasteiger partial charge in [0.15, 0.2) is 0 Å². The highest BCUT2D eigenvalue weighted by Crippen LogP contribution is 2.41. The molecule has 0 radical (unpaired) electrons. The molecule has 0 saturated heterocycles. The SMILES string of the molecule is c1ccc(-c2cccc(-c3cc(-c4cccc5c4oc4ccccc45)nc(-n4c5ccccc5c5cc6oc7ccccc7c6cc54)c3)c2)cc1. The van der Waals surface area contributed by atoms with Gasteiger partial charge in [-0.05, 0) is 76.9 Å². The molecule has 0 bridgehead atoms. The van der Waals surface area contributed by atoms with Crippen molar-refractivity contribution in [2.24, 2.45) is 0 Å². The average molecular weight is 653 g/mol. The standard InChI is InChI=1S/C47H28N2O2/c1-2-12-29(13-3-1)30-14-10-15-31(24-30)32-25-40(37-20-11-19-36-34-17-5-9-23-44(34)51-47(36)37)48-46(26-32)49-41-21-7-4-16-33(41)38-28-45-39(27-42(38)49)35-18-6-8-22-43(35)50-45/h1-28H. The summed E-state index contributed by atoms with van der Waals surface area (Å²) in [6.07, 6.45) is 0. The lowest BCUT2D eigenvalue weighted by atomic mass is 9.98. The van der Waals surface area contributed by atoms with Crippen molar-refractivity contribution < 1.29 is 8.83 Å². The Labute approximate surface area is 292 Å². The molecule has 0 saturated carbocycles. The lowest BCUT2D eigenvalue weighted by molar-refractivity contribution is 0.669. The number of hydrogen-bond donors (Lipinski definition) is 0. The molecule has 51 heavy (non-hydrogen) atoms. The van der Waals surface area contributed by atoms with Crippen LogP contribution in [0.3, 0.4) is 0 Å². The Hall–Kier alpha value is -6.91. The zero-order valence-electron chi connectivity index (χ0n) is 27.4. The summed E-state index contributed by atoms with van der Waals surface area (Å²) >= 11 is 0. The molecule has 0 aliphatic rings. The molecule has 238 valence electrons. The molecule has 4 heteroatoms. The first-order valence-electron chi connectivity index (χ1n) is 17.2. The van der Waals surface area contributed by atoms with Gasteiger partial charge >= 0.3 is 0 Å². The van der Waals surface area contributed by atoms with Crippen LogP contribution in [0, 0.1) is 0 Å². The van der Waals surface area contributed by atoms with Crippen LogP contribution in [0.25, 0.3) is 105 Å². The van der Waals surface area contributed by atoms with Crippen LogP contribution in [-0.2, 0) is 0 Å². The third-order valence-corrected chi connectivity index (χ3v) is 10.2. The number of furan rings is 2. The van der Waals surface area contributed by atoms with Crippen molar-refractivity contribution in [2.45, 2.75) is 0 Å². The monoisotopic (exact) mass is 652 g/mol. The van der Waals surface area contributed by atoms with Gasteiger partial charge in [0.05, 0.1) is 16.7 Å². The molecular formula is C47H28N2O2. The highest BCUT2D eigenvalue weighted by atomic mass is 16.3. The van der Waals surface area contributed by atoms with Gasteiger partial charge in [-0.2, -0.15) is 0 Å². The number of para-hydroxylation sites is 4. The zero-order chi connectivity index (χ0) is 33.5. The first-order chi connectivity index (χ1) is 25.3. The summed E-state index contributed by atoms with van der Waals surface area (Å²) < 4.78 is 15.2. The van der Waals surface area contributed by atoms with Gasteiger partial charge in [0.2, 0.25) is 0 Å². The summed E-state index contributed by atoms with van der Waals surface area (Å²) in [7, 11) is 0. The van der Waals surface area contributed by atoms with Crippen LogP contribution in [0.1, 0.15) is 0 Å². The van der Waals surface area contributed by atoms with Gasteiger partial charge < -0.3 is 8.83 Å². The molecule has 0 fully saturated rings. The fraction of sp³-hybridized carbons (Fsp3) is 0. The van der Waals surface area contributed by atoms with E-state index in [0.29, 0.717) is 0 Å². The lowest BCUT2D eigenvalue weighted by Crippen LogP contribution is -2.00. The number of benzene rings is 7. The van der Waals surface area contributed by atoms with Crippen LogP contribution in [0.5, 0.6) is 0 Å². The minimum Gasteiger partial charge on any atom is -0.456 e. The largest absolute Gasteiger partial charge is 0.456 e. The molecule has 7 aromatic carbocycles. The molecule has 4 nitrogen and oxygen atoms in total. The quantitative estimate of drug-likeness (QED) is 0.190. The first kappa shape index (κ1) is 28.0. The van der Waals surface area contributed by atoms with Gasteiger partial charge in [-0.25, -0.2) is 4.98 Å². The maximum absolute atomic E-state index is 6.55. The molecule has 0 aliphatic heterocycles. The summed E-state index contributed by atoms with van der Waals surface area (Å²) in [5.41, 5.74) is 12.0. The summed E-state index contributed by atoms with van der Waals surface area (Å²) in [5, 5.41) is 6.63. The van der Waals surface area contributed by atoms with Gasteiger partial charge in [-0.1, -0.05) is 115 Å². The minimum absolute atomic E-state index is 0.832. The molecule has 4 heterocycles. The van der Waals surface area contributed by atoms with Crippen molar-refractivity contribution in [3.63, 3.8) is 0 Å². The fourth-order valence-electron chi connectivity index (χ4n) is 7.83. The Kier molecular flexibility index (Phi) is 5.92. The molecule has 0 N–H and O–H groups in total. The van der Waals surface area contributed by atoms with E-state index in [2.05, 4.69) is 150 Å². The number of rotatable bonds is 4. The number of hydrogen-bond acceptors (Lipinski definition) is 3. The van der Waals surface area contributed by atoms with E-state index in [4.69, 9.17) is 13.8 Å². The van der Waals surface area contributed by atoms with E-state index in [1.54, 1.807) is 0 Å². The van der Waals surface area contributed by atoms with Crippen LogP contribution in [-0.4, -0.2) is 9.55 Å². The summed E-state index contributed by atoms with van der Waals surface area (Å²) in [6.45, 7) is 0. The second kappa shape index (κ2) is 10.8. The third-order valence-electron chi connectivity index (χ3n) is 10.2. The highest BCUT2D eigenvalue weighted by Gasteiger charge is 2.20. The highest BCUT2D eigenvalue weighted by molar-refractivity contribution is 6.17. The van der Waals surface area contributed by atoms with E-state index in [9.17, 15) is 0 Å². The number of nitrogens with zero attached hydrogens (tertiary/aromatic N) is 2. The van der Waals surface area contributed by atoms with Gasteiger partial charge in [0, 0.05) is 37.9 Å². The first-order valence-corrected chi connectivity index (χ1v) is 17.2. The maximum atomic E-state index is 6.55. The van der Waals surface area contributed by atoms with Crippen molar-refractivity contribution in [3.05, 3.63) is 170 Å². The molecule has 0 unspecified atom stereocenters. The maximum Gasteiger partial charge on any atom is 0.144 e. The van der Waals surface area contributed by atoms with Crippen LogP contribution in [0.4, 0.5) is 0 Å². The van der Waals surface area contributed by atoms with Crippen LogP contribution in [0.15, 0.2) is 179 Å². The minimum atomic E-state index is 0.832. The Morgan fingerprint density at radius 3 is 1.86 bits per heavy atom. The van der Waals surface area contributed by atoms with Crippen molar-refractivity contribution in [2.75, 3.05) is 0 Å². The molecular weight excluding hydrogens is 625 g/mol. The van der Waals surface area contributed by atoms with E-state index in [-0.39, 0.29) is 0 Å². The van der Waals surface area contributed by atoms with Gasteiger partial charge in [-0.3, -0.25) is 4.57 Å². The molecule has 4 aromatic heterocycles. The number of fused-ring (bicyclic) bond motifs is 9. The van der Waals surface area contributed by atoms with Crippen molar-refractivity contribution in [1.82, 2.24) is 9.55 Å². The molecule has 11 aromatic rings. The summed E-state index contributed by atoms with van der Waals surface area (Å²) in [4.78, 5) is 5.48. The van der Waals surface area contributed by atoms with Crippen LogP contribution < -0.4 is 0 Å². The Bertz CT molecular complexity index is 3140. The molecule has 0 spiro atoms. The normalized spacial score (nSPS) is 11.9. The molecule has 0 aliphatic carbocycles. The molecule has 0 atom stereocenters. The Morgan fingerprint density at radius 1 is 0.373 bits per heavy atom. The number of pyridine rings is 1. The van der Waals surface area contributed by atoms with E-state index >= 15 is 0 Å². The smallest absolute Gasteiger partial charge is 0.144 e. The zero-order valence-corrected chi connectivity index (χ0v) is 27.4. The van der Waals surface area contributed by atoms with Gasteiger partial charge in [0.25, 0.3) is 0 Å². The van der Waals surface area contributed by atoms with Gasteiger partial charge in [0.1, 0.15) is 28.1 Å². The van der Waals surface area contributed by atoms with Crippen molar-refractivity contribution >= 4 is 65.7 Å². The summed E-state index contributed by atoms with van der Waals surface area (Å²) in [6, 6.07) is 59.6. The van der Waals surface area contributed by atoms with E-state index in [1.165, 1.54) is 11.1 Å².